The molecule has 0 aliphatic heterocycles. The summed E-state index contributed by atoms with van der Waals surface area (Å²) in [7, 11) is 1.74. The van der Waals surface area contributed by atoms with Crippen molar-refractivity contribution in [2.45, 2.75) is 76.8 Å². The number of ketones is 1. The van der Waals surface area contributed by atoms with Gasteiger partial charge in [-0.2, -0.15) is 0 Å². The number of hydrogen-bond acceptors (Lipinski definition) is 4. The van der Waals surface area contributed by atoms with Gasteiger partial charge in [-0.05, 0) is 62.3 Å². The fourth-order valence-corrected chi connectivity index (χ4v) is 4.97. The summed E-state index contributed by atoms with van der Waals surface area (Å²) in [5, 5.41) is 14.9. The molecule has 0 aromatic heterocycles. The van der Waals surface area contributed by atoms with Gasteiger partial charge in [-0.1, -0.05) is 80.8 Å². The molecule has 0 radical (unpaired) electrons. The van der Waals surface area contributed by atoms with Crippen molar-refractivity contribution < 1.29 is 9.59 Å². The standard InChI is InChI=1S/C29H39N3O2/c1-4-25(24-17-11-14-22(19-24)18-21-12-7-5-8-13-21)26(30)28(33)27(23-15-9-6-10-16-23)32-29(34)20(2)31-3/h5,7-8,11-14,17,19-20,23,25,27,30-31H,4,6,9-10,15-16,18H2,1-3H3,(H,32,34)/t20-,25-,27-/m0/s1. The topological polar surface area (TPSA) is 82.1 Å². The molecule has 5 nitrogen and oxygen atoms in total. The van der Waals surface area contributed by atoms with E-state index in [9.17, 15) is 9.59 Å². The zero-order valence-corrected chi connectivity index (χ0v) is 20.8. The quantitative estimate of drug-likeness (QED) is 0.410. The molecule has 0 heterocycles. The zero-order valence-electron chi connectivity index (χ0n) is 20.8. The van der Waals surface area contributed by atoms with E-state index in [0.717, 1.165) is 37.7 Å². The highest BCUT2D eigenvalue weighted by atomic mass is 16.2. The van der Waals surface area contributed by atoms with E-state index in [4.69, 9.17) is 5.41 Å². The molecule has 3 atom stereocenters. The van der Waals surface area contributed by atoms with Crippen LogP contribution >= 0.6 is 0 Å². The second-order valence-corrected chi connectivity index (χ2v) is 9.54. The minimum absolute atomic E-state index is 0.0940. The van der Waals surface area contributed by atoms with Crippen molar-refractivity contribution in [2.24, 2.45) is 5.92 Å². The summed E-state index contributed by atoms with van der Waals surface area (Å²) in [5.41, 5.74) is 3.50. The highest BCUT2D eigenvalue weighted by Crippen LogP contribution is 2.30. The van der Waals surface area contributed by atoms with Crippen molar-refractivity contribution >= 4 is 17.4 Å². The van der Waals surface area contributed by atoms with Gasteiger partial charge in [0.1, 0.15) is 0 Å². The molecule has 3 N–H and O–H groups in total. The van der Waals surface area contributed by atoms with E-state index in [2.05, 4.69) is 34.9 Å². The molecule has 1 aliphatic rings. The second kappa shape index (κ2) is 12.6. The Balaban J connectivity index is 1.81. The van der Waals surface area contributed by atoms with Gasteiger partial charge in [0.2, 0.25) is 5.91 Å². The highest BCUT2D eigenvalue weighted by molar-refractivity contribution is 6.42. The average Bonchev–Trinajstić information content (AvgIpc) is 2.88. The van der Waals surface area contributed by atoms with Crippen molar-refractivity contribution in [3.8, 4) is 0 Å². The van der Waals surface area contributed by atoms with Gasteiger partial charge in [-0.25, -0.2) is 0 Å². The number of nitrogens with one attached hydrogen (secondary N) is 3. The molecular formula is C29H39N3O2. The summed E-state index contributed by atoms with van der Waals surface area (Å²) >= 11 is 0. The summed E-state index contributed by atoms with van der Waals surface area (Å²) in [5.74, 6) is -0.606. The van der Waals surface area contributed by atoms with Crippen LogP contribution in [-0.2, 0) is 16.0 Å². The molecule has 0 unspecified atom stereocenters. The highest BCUT2D eigenvalue weighted by Gasteiger charge is 2.35. The number of Topliss-reactive ketones (excluding diaryl/α,β-unsaturated/α-hetero) is 1. The maximum absolute atomic E-state index is 13.7. The Hall–Kier alpha value is -2.79. The van der Waals surface area contributed by atoms with Gasteiger partial charge in [0.15, 0.2) is 5.78 Å². The van der Waals surface area contributed by atoms with Gasteiger partial charge in [0, 0.05) is 5.92 Å². The van der Waals surface area contributed by atoms with E-state index in [1.165, 1.54) is 17.5 Å². The van der Waals surface area contributed by atoms with Gasteiger partial charge < -0.3 is 16.0 Å². The lowest BCUT2D eigenvalue weighted by Crippen LogP contribution is -2.53. The monoisotopic (exact) mass is 461 g/mol. The largest absolute Gasteiger partial charge is 0.344 e. The number of likely N-dealkylation sites (N-methyl/N-ethyl adjacent to an activating group) is 1. The van der Waals surface area contributed by atoms with Crippen LogP contribution in [0.3, 0.4) is 0 Å². The Morgan fingerprint density at radius 1 is 1.00 bits per heavy atom. The summed E-state index contributed by atoms with van der Waals surface area (Å²) in [4.78, 5) is 26.4. The summed E-state index contributed by atoms with van der Waals surface area (Å²) in [6.45, 7) is 3.81. The molecule has 2 aromatic rings. The van der Waals surface area contributed by atoms with Crippen molar-refractivity contribution in [3.05, 3.63) is 71.3 Å². The fourth-order valence-electron chi connectivity index (χ4n) is 4.97. The van der Waals surface area contributed by atoms with Crippen LogP contribution in [-0.4, -0.2) is 36.5 Å². The first kappa shape index (κ1) is 25.8. The third-order valence-electron chi connectivity index (χ3n) is 7.15. The first-order valence-corrected chi connectivity index (χ1v) is 12.7. The molecular weight excluding hydrogens is 422 g/mol. The molecule has 0 spiro atoms. The molecule has 182 valence electrons. The predicted molar refractivity (Wildman–Crippen MR) is 138 cm³/mol. The van der Waals surface area contributed by atoms with Gasteiger partial charge >= 0.3 is 0 Å². The first-order chi connectivity index (χ1) is 16.4. The van der Waals surface area contributed by atoms with E-state index in [-0.39, 0.29) is 35.3 Å². The van der Waals surface area contributed by atoms with Crippen LogP contribution in [0.2, 0.25) is 0 Å². The van der Waals surface area contributed by atoms with Crippen LogP contribution in [0.5, 0.6) is 0 Å². The molecule has 5 heteroatoms. The number of benzene rings is 2. The molecule has 1 aliphatic carbocycles. The van der Waals surface area contributed by atoms with E-state index < -0.39 is 6.04 Å². The van der Waals surface area contributed by atoms with Crippen LogP contribution in [0.1, 0.15) is 75.0 Å². The minimum Gasteiger partial charge on any atom is -0.344 e. The molecule has 3 rings (SSSR count). The molecule has 1 saturated carbocycles. The summed E-state index contributed by atoms with van der Waals surface area (Å²) in [6.07, 6.45) is 6.62. The molecule has 0 saturated heterocycles. The maximum atomic E-state index is 13.7. The number of carbonyl (C=O) groups is 2. The third-order valence-corrected chi connectivity index (χ3v) is 7.15. The Morgan fingerprint density at radius 3 is 2.32 bits per heavy atom. The van der Waals surface area contributed by atoms with Gasteiger partial charge in [-0.15, -0.1) is 0 Å². The lowest BCUT2D eigenvalue weighted by Gasteiger charge is -2.32. The average molecular weight is 462 g/mol. The van der Waals surface area contributed by atoms with Crippen molar-refractivity contribution in [3.63, 3.8) is 0 Å². The minimum atomic E-state index is -0.627. The number of amides is 1. The van der Waals surface area contributed by atoms with E-state index >= 15 is 0 Å². The fraction of sp³-hybridized carbons (Fsp3) is 0.483. The normalized spacial score (nSPS) is 16.9. The second-order valence-electron chi connectivity index (χ2n) is 9.54. The molecule has 2 aromatic carbocycles. The number of carbonyl (C=O) groups excluding carboxylic acids is 2. The molecule has 0 bridgehead atoms. The van der Waals surface area contributed by atoms with Gasteiger partial charge in [-0.3, -0.25) is 9.59 Å². The maximum Gasteiger partial charge on any atom is 0.237 e. The zero-order chi connectivity index (χ0) is 24.5. The Morgan fingerprint density at radius 2 is 1.68 bits per heavy atom. The van der Waals surface area contributed by atoms with E-state index in [1.807, 2.05) is 37.3 Å². The SMILES string of the molecule is CC[C@H](C(=N)C(=O)[C@@H](NC(=O)[C@H](C)NC)C1CCCCC1)c1cccc(Cc2ccccc2)c1. The van der Waals surface area contributed by atoms with Crippen molar-refractivity contribution in [1.82, 2.24) is 10.6 Å². The van der Waals surface area contributed by atoms with Crippen LogP contribution in [0.15, 0.2) is 54.6 Å². The van der Waals surface area contributed by atoms with Gasteiger partial charge in [0.05, 0.1) is 17.8 Å². The third kappa shape index (κ3) is 6.63. The van der Waals surface area contributed by atoms with Crippen molar-refractivity contribution in [2.75, 3.05) is 7.05 Å². The summed E-state index contributed by atoms with van der Waals surface area (Å²) in [6, 6.07) is 17.6. The predicted octanol–water partition coefficient (Wildman–Crippen LogP) is 5.03. The molecule has 1 amide bonds. The van der Waals surface area contributed by atoms with Crippen molar-refractivity contribution in [1.29, 1.82) is 5.41 Å². The smallest absolute Gasteiger partial charge is 0.237 e. The number of rotatable bonds is 11. The lowest BCUT2D eigenvalue weighted by atomic mass is 9.78. The molecule has 1 fully saturated rings. The number of hydrogen-bond donors (Lipinski definition) is 3. The van der Waals surface area contributed by atoms with Crippen LogP contribution in [0, 0.1) is 11.3 Å². The van der Waals surface area contributed by atoms with E-state index in [1.54, 1.807) is 14.0 Å². The summed E-state index contributed by atoms with van der Waals surface area (Å²) < 4.78 is 0. The van der Waals surface area contributed by atoms with E-state index in [0.29, 0.717) is 6.42 Å². The first-order valence-electron chi connectivity index (χ1n) is 12.7. The van der Waals surface area contributed by atoms with Crippen LogP contribution < -0.4 is 10.6 Å². The van der Waals surface area contributed by atoms with Crippen LogP contribution in [0.25, 0.3) is 0 Å². The van der Waals surface area contributed by atoms with Crippen LogP contribution in [0.4, 0.5) is 0 Å². The Kier molecular flexibility index (Phi) is 9.58. The Bertz CT molecular complexity index is 966. The molecule has 34 heavy (non-hydrogen) atoms. The Labute approximate surface area is 204 Å². The van der Waals surface area contributed by atoms with Gasteiger partial charge in [0.25, 0.3) is 0 Å². The lowest BCUT2D eigenvalue weighted by molar-refractivity contribution is -0.127.